The highest BCUT2D eigenvalue weighted by atomic mass is 32.1. The molecule has 0 aromatic carbocycles. The number of nitrogens with zero attached hydrogens (tertiary/aromatic N) is 4. The zero-order valence-corrected chi connectivity index (χ0v) is 16.4. The van der Waals surface area contributed by atoms with Crippen LogP contribution in [0, 0.1) is 11.8 Å². The summed E-state index contributed by atoms with van der Waals surface area (Å²) >= 11 is 1.73. The zero-order chi connectivity index (χ0) is 18.1. The Labute approximate surface area is 153 Å². The summed E-state index contributed by atoms with van der Waals surface area (Å²) in [5, 5.41) is 1.06. The zero-order valence-electron chi connectivity index (χ0n) is 15.6. The summed E-state index contributed by atoms with van der Waals surface area (Å²) in [6.45, 7) is 7.12. The van der Waals surface area contributed by atoms with Gasteiger partial charge in [-0.05, 0) is 19.3 Å². The van der Waals surface area contributed by atoms with Crippen molar-refractivity contribution in [3.8, 4) is 0 Å². The second-order valence-corrected chi connectivity index (χ2v) is 8.57. The monoisotopic (exact) mass is 364 g/mol. The number of thiazole rings is 1. The summed E-state index contributed by atoms with van der Waals surface area (Å²) in [5.74, 6) is 0.616. The molecule has 1 atom stereocenters. The van der Waals surface area contributed by atoms with E-state index in [2.05, 4.69) is 4.90 Å². The minimum Gasteiger partial charge on any atom is -0.349 e. The van der Waals surface area contributed by atoms with Crippen LogP contribution in [-0.4, -0.2) is 66.9 Å². The molecular weight excluding hydrogens is 336 g/mol. The Balaban J connectivity index is 1.63. The summed E-state index contributed by atoms with van der Waals surface area (Å²) in [5.41, 5.74) is 1.17. The van der Waals surface area contributed by atoms with E-state index in [9.17, 15) is 9.59 Å². The number of carbonyl (C=O) groups is 2. The molecule has 2 heterocycles. The first-order valence-electron chi connectivity index (χ1n) is 9.10. The van der Waals surface area contributed by atoms with Crippen molar-refractivity contribution in [3.05, 3.63) is 10.6 Å². The number of amides is 2. The molecule has 1 unspecified atom stereocenters. The molecule has 1 fully saturated rings. The summed E-state index contributed by atoms with van der Waals surface area (Å²) in [7, 11) is 3.65. The van der Waals surface area contributed by atoms with Crippen LogP contribution in [0.3, 0.4) is 0 Å². The van der Waals surface area contributed by atoms with Gasteiger partial charge in [-0.2, -0.15) is 0 Å². The van der Waals surface area contributed by atoms with Crippen LogP contribution in [0.5, 0.6) is 0 Å². The average Bonchev–Trinajstić information content (AvgIpc) is 3.03. The molecule has 0 N–H and O–H groups in total. The second-order valence-electron chi connectivity index (χ2n) is 7.51. The van der Waals surface area contributed by atoms with Crippen molar-refractivity contribution < 1.29 is 9.59 Å². The van der Waals surface area contributed by atoms with E-state index in [1.807, 2.05) is 32.8 Å². The van der Waals surface area contributed by atoms with Gasteiger partial charge in [0.15, 0.2) is 5.13 Å². The van der Waals surface area contributed by atoms with Crippen molar-refractivity contribution in [2.45, 2.75) is 33.1 Å². The van der Waals surface area contributed by atoms with Crippen LogP contribution < -0.4 is 4.90 Å². The van der Waals surface area contributed by atoms with Crippen molar-refractivity contribution in [3.63, 3.8) is 0 Å². The van der Waals surface area contributed by atoms with E-state index < -0.39 is 0 Å². The first-order valence-corrected chi connectivity index (χ1v) is 9.92. The average molecular weight is 365 g/mol. The predicted octanol–water partition coefficient (Wildman–Crippen LogP) is 1.64. The largest absolute Gasteiger partial charge is 0.349 e. The van der Waals surface area contributed by atoms with Crippen molar-refractivity contribution in [2.75, 3.05) is 45.2 Å². The van der Waals surface area contributed by atoms with Gasteiger partial charge in [-0.1, -0.05) is 13.8 Å². The Morgan fingerprint density at radius 1 is 1.20 bits per heavy atom. The molecule has 1 saturated heterocycles. The van der Waals surface area contributed by atoms with Crippen molar-refractivity contribution in [1.82, 2.24) is 14.8 Å². The molecule has 7 heteroatoms. The summed E-state index contributed by atoms with van der Waals surface area (Å²) in [6.07, 6.45) is 2.60. The van der Waals surface area contributed by atoms with E-state index >= 15 is 0 Å². The third-order valence-electron chi connectivity index (χ3n) is 5.07. The first-order chi connectivity index (χ1) is 11.9. The number of carbonyl (C=O) groups excluding carboxylic acids is 2. The third kappa shape index (κ3) is 3.81. The molecule has 0 radical (unpaired) electrons. The van der Waals surface area contributed by atoms with Gasteiger partial charge in [0.25, 0.3) is 0 Å². The van der Waals surface area contributed by atoms with Crippen molar-refractivity contribution >= 4 is 28.3 Å². The van der Waals surface area contributed by atoms with Crippen LogP contribution in [0.25, 0.3) is 0 Å². The van der Waals surface area contributed by atoms with Gasteiger partial charge in [0.05, 0.1) is 5.69 Å². The van der Waals surface area contributed by atoms with Gasteiger partial charge < -0.3 is 14.7 Å². The number of hydrogen-bond acceptors (Lipinski definition) is 5. The molecule has 1 aliphatic carbocycles. The molecule has 0 spiro atoms. The Morgan fingerprint density at radius 3 is 2.48 bits per heavy atom. The number of aromatic nitrogens is 1. The van der Waals surface area contributed by atoms with E-state index in [-0.39, 0.29) is 23.7 Å². The maximum Gasteiger partial charge on any atom is 0.225 e. The third-order valence-corrected chi connectivity index (χ3v) is 6.25. The number of hydrogen-bond donors (Lipinski definition) is 0. The van der Waals surface area contributed by atoms with Crippen LogP contribution in [-0.2, 0) is 22.4 Å². The van der Waals surface area contributed by atoms with E-state index in [1.54, 1.807) is 16.2 Å². The fraction of sp³-hybridized carbons (Fsp3) is 0.722. The molecule has 1 aromatic heterocycles. The van der Waals surface area contributed by atoms with Crippen LogP contribution in [0.4, 0.5) is 5.13 Å². The molecule has 0 saturated carbocycles. The maximum absolute atomic E-state index is 12.2. The fourth-order valence-electron chi connectivity index (χ4n) is 3.56. The topological polar surface area (TPSA) is 56.8 Å². The molecule has 0 bridgehead atoms. The van der Waals surface area contributed by atoms with Gasteiger partial charge in [-0.25, -0.2) is 4.98 Å². The fourth-order valence-corrected chi connectivity index (χ4v) is 4.79. The first kappa shape index (κ1) is 18.2. The summed E-state index contributed by atoms with van der Waals surface area (Å²) < 4.78 is 0. The van der Waals surface area contributed by atoms with Crippen molar-refractivity contribution in [1.29, 1.82) is 0 Å². The van der Waals surface area contributed by atoms with Crippen LogP contribution in [0.1, 0.15) is 30.8 Å². The minimum absolute atomic E-state index is 0.0601. The lowest BCUT2D eigenvalue weighted by molar-refractivity contribution is -0.135. The van der Waals surface area contributed by atoms with E-state index in [0.29, 0.717) is 0 Å². The molecule has 2 amide bonds. The van der Waals surface area contributed by atoms with Gasteiger partial charge in [0.1, 0.15) is 0 Å². The normalized spacial score (nSPS) is 20.6. The molecule has 3 rings (SSSR count). The summed E-state index contributed by atoms with van der Waals surface area (Å²) in [4.78, 5) is 36.4. The van der Waals surface area contributed by atoms with Gasteiger partial charge in [0, 0.05) is 57.0 Å². The molecule has 6 nitrogen and oxygen atoms in total. The van der Waals surface area contributed by atoms with Crippen molar-refractivity contribution in [2.24, 2.45) is 11.8 Å². The van der Waals surface area contributed by atoms with Crippen LogP contribution in [0.15, 0.2) is 0 Å². The highest BCUT2D eigenvalue weighted by Crippen LogP contribution is 2.35. The Hall–Kier alpha value is -1.63. The van der Waals surface area contributed by atoms with E-state index in [4.69, 9.17) is 4.98 Å². The SMILES string of the molecule is CC(C)C(=O)N1CCN(c2nc3c(s2)CC(C(=O)N(C)C)CC3)CC1. The van der Waals surface area contributed by atoms with Crippen LogP contribution in [0.2, 0.25) is 0 Å². The summed E-state index contributed by atoms with van der Waals surface area (Å²) in [6, 6.07) is 0. The van der Waals surface area contributed by atoms with Gasteiger partial charge in [0.2, 0.25) is 11.8 Å². The van der Waals surface area contributed by atoms with E-state index in [0.717, 1.165) is 50.6 Å². The standard InChI is InChI=1S/C18H28N4O2S/c1-12(2)16(23)21-7-9-22(10-8-21)18-19-14-6-5-13(11-15(14)25-18)17(24)20(3)4/h12-13H,5-11H2,1-4H3. The number of aryl methyl sites for hydroxylation is 1. The van der Waals surface area contributed by atoms with Gasteiger partial charge in [-0.3, -0.25) is 9.59 Å². The Kier molecular flexibility index (Phi) is 5.32. The Bertz CT molecular complexity index is 648. The highest BCUT2D eigenvalue weighted by Gasteiger charge is 2.30. The lowest BCUT2D eigenvalue weighted by Crippen LogP contribution is -2.49. The molecular formula is C18H28N4O2S. The quantitative estimate of drug-likeness (QED) is 0.818. The Morgan fingerprint density at radius 2 is 1.88 bits per heavy atom. The molecule has 1 aromatic rings. The second kappa shape index (κ2) is 7.32. The maximum atomic E-state index is 12.2. The van der Waals surface area contributed by atoms with Gasteiger partial charge >= 0.3 is 0 Å². The highest BCUT2D eigenvalue weighted by molar-refractivity contribution is 7.15. The molecule has 2 aliphatic rings. The minimum atomic E-state index is 0.0601. The number of rotatable bonds is 3. The van der Waals surface area contributed by atoms with Gasteiger partial charge in [-0.15, -0.1) is 11.3 Å². The lowest BCUT2D eigenvalue weighted by atomic mass is 9.90. The number of fused-ring (bicyclic) bond motifs is 1. The van der Waals surface area contributed by atoms with E-state index in [1.165, 1.54) is 10.6 Å². The lowest BCUT2D eigenvalue weighted by Gasteiger charge is -2.35. The number of piperazine rings is 1. The number of anilines is 1. The van der Waals surface area contributed by atoms with Crippen LogP contribution >= 0.6 is 11.3 Å². The molecule has 1 aliphatic heterocycles. The predicted molar refractivity (Wildman–Crippen MR) is 100.0 cm³/mol. The molecule has 25 heavy (non-hydrogen) atoms. The molecule has 138 valence electrons. The smallest absolute Gasteiger partial charge is 0.225 e.